The van der Waals surface area contributed by atoms with E-state index in [2.05, 4.69) is 10.3 Å². The van der Waals surface area contributed by atoms with E-state index in [9.17, 15) is 0 Å². The van der Waals surface area contributed by atoms with Crippen LogP contribution in [0.4, 0.5) is 11.7 Å². The first-order valence-corrected chi connectivity index (χ1v) is 5.65. The molecule has 1 unspecified atom stereocenters. The standard InChI is InChI=1S/C12H17N3O3/c1-16-7-8(17-2)6-14-12-15-11-9(13)4-3-5-10(11)18-12/h3-5,8H,6-7,13H2,1-2H3,(H,14,15). The lowest BCUT2D eigenvalue weighted by Gasteiger charge is -2.13. The fraction of sp³-hybridized carbons (Fsp3) is 0.417. The first-order chi connectivity index (χ1) is 8.74. The van der Waals surface area contributed by atoms with Gasteiger partial charge in [0.15, 0.2) is 5.58 Å². The molecular formula is C12H17N3O3. The first-order valence-electron chi connectivity index (χ1n) is 5.65. The maximum Gasteiger partial charge on any atom is 0.295 e. The predicted molar refractivity (Wildman–Crippen MR) is 69.6 cm³/mol. The molecule has 1 atom stereocenters. The largest absolute Gasteiger partial charge is 0.423 e. The highest BCUT2D eigenvalue weighted by molar-refractivity contribution is 5.86. The second-order valence-electron chi connectivity index (χ2n) is 3.91. The molecule has 98 valence electrons. The van der Waals surface area contributed by atoms with E-state index in [1.54, 1.807) is 20.3 Å². The Morgan fingerprint density at radius 3 is 2.94 bits per heavy atom. The minimum atomic E-state index is -0.0534. The summed E-state index contributed by atoms with van der Waals surface area (Å²) in [4.78, 5) is 4.28. The van der Waals surface area contributed by atoms with Crippen molar-refractivity contribution in [3.8, 4) is 0 Å². The Morgan fingerprint density at radius 2 is 2.28 bits per heavy atom. The van der Waals surface area contributed by atoms with Crippen LogP contribution in [0.15, 0.2) is 22.6 Å². The van der Waals surface area contributed by atoms with Crippen molar-refractivity contribution in [1.82, 2.24) is 4.98 Å². The molecule has 0 radical (unpaired) electrons. The molecule has 1 aromatic heterocycles. The number of nitrogens with one attached hydrogen (secondary N) is 1. The summed E-state index contributed by atoms with van der Waals surface area (Å²) in [6.45, 7) is 1.06. The molecule has 18 heavy (non-hydrogen) atoms. The van der Waals surface area contributed by atoms with Gasteiger partial charge in [0.05, 0.1) is 18.4 Å². The van der Waals surface area contributed by atoms with E-state index >= 15 is 0 Å². The molecule has 1 aromatic carbocycles. The van der Waals surface area contributed by atoms with Gasteiger partial charge in [0, 0.05) is 20.8 Å². The van der Waals surface area contributed by atoms with E-state index in [1.165, 1.54) is 0 Å². The molecule has 0 aliphatic carbocycles. The Balaban J connectivity index is 2.06. The zero-order valence-corrected chi connectivity index (χ0v) is 10.5. The summed E-state index contributed by atoms with van der Waals surface area (Å²) in [6, 6.07) is 5.88. The van der Waals surface area contributed by atoms with Crippen molar-refractivity contribution in [2.75, 3.05) is 38.4 Å². The molecule has 2 aromatic rings. The molecule has 0 bridgehead atoms. The molecule has 0 saturated heterocycles. The summed E-state index contributed by atoms with van der Waals surface area (Å²) in [5, 5.41) is 3.06. The van der Waals surface area contributed by atoms with Crippen LogP contribution < -0.4 is 11.1 Å². The zero-order chi connectivity index (χ0) is 13.0. The summed E-state index contributed by atoms with van der Waals surface area (Å²) in [7, 11) is 3.27. The SMILES string of the molecule is COCC(CNc1nc2c(N)cccc2o1)OC. The van der Waals surface area contributed by atoms with Gasteiger partial charge in [-0.1, -0.05) is 6.07 Å². The number of hydrogen-bond acceptors (Lipinski definition) is 6. The molecule has 2 rings (SSSR count). The maximum atomic E-state index is 5.80. The van der Waals surface area contributed by atoms with Crippen LogP contribution in [0.2, 0.25) is 0 Å². The summed E-state index contributed by atoms with van der Waals surface area (Å²) >= 11 is 0. The Labute approximate surface area is 105 Å². The third kappa shape index (κ3) is 2.72. The number of rotatable bonds is 6. The van der Waals surface area contributed by atoms with Gasteiger partial charge in [0.2, 0.25) is 0 Å². The number of fused-ring (bicyclic) bond motifs is 1. The van der Waals surface area contributed by atoms with Gasteiger partial charge in [-0.25, -0.2) is 0 Å². The number of nitrogens with two attached hydrogens (primary N) is 1. The third-order valence-corrected chi connectivity index (χ3v) is 2.62. The highest BCUT2D eigenvalue weighted by atomic mass is 16.5. The molecular weight excluding hydrogens is 234 g/mol. The maximum absolute atomic E-state index is 5.80. The number of anilines is 2. The number of oxazole rings is 1. The molecule has 6 nitrogen and oxygen atoms in total. The predicted octanol–water partition coefficient (Wildman–Crippen LogP) is 1.48. The molecule has 0 amide bonds. The quantitative estimate of drug-likeness (QED) is 0.757. The van der Waals surface area contributed by atoms with Crippen LogP contribution in [-0.2, 0) is 9.47 Å². The zero-order valence-electron chi connectivity index (χ0n) is 10.5. The molecule has 0 fully saturated rings. The lowest BCUT2D eigenvalue weighted by molar-refractivity contribution is 0.0363. The van der Waals surface area contributed by atoms with Gasteiger partial charge in [0.1, 0.15) is 5.52 Å². The van der Waals surface area contributed by atoms with Crippen molar-refractivity contribution < 1.29 is 13.9 Å². The number of benzene rings is 1. The van der Waals surface area contributed by atoms with Crippen LogP contribution in [0.1, 0.15) is 0 Å². The second kappa shape index (κ2) is 5.70. The number of methoxy groups -OCH3 is 2. The lowest BCUT2D eigenvalue weighted by Crippen LogP contribution is -2.26. The van der Waals surface area contributed by atoms with E-state index in [0.29, 0.717) is 36.0 Å². The normalized spacial score (nSPS) is 12.8. The Kier molecular flexibility index (Phi) is 4.01. The van der Waals surface area contributed by atoms with Gasteiger partial charge in [-0.3, -0.25) is 0 Å². The van der Waals surface area contributed by atoms with Crippen LogP contribution in [0.3, 0.4) is 0 Å². The highest BCUT2D eigenvalue weighted by Gasteiger charge is 2.11. The van der Waals surface area contributed by atoms with E-state index in [-0.39, 0.29) is 6.10 Å². The van der Waals surface area contributed by atoms with E-state index in [0.717, 1.165) is 0 Å². The molecule has 6 heteroatoms. The van der Waals surface area contributed by atoms with Gasteiger partial charge in [-0.15, -0.1) is 0 Å². The summed E-state index contributed by atoms with van der Waals surface area (Å²) in [6.07, 6.45) is -0.0534. The van der Waals surface area contributed by atoms with Crippen molar-refractivity contribution in [3.63, 3.8) is 0 Å². The third-order valence-electron chi connectivity index (χ3n) is 2.62. The number of hydrogen-bond donors (Lipinski definition) is 2. The molecule has 0 saturated carbocycles. The number of nitrogen functional groups attached to an aromatic ring is 1. The Morgan fingerprint density at radius 1 is 1.44 bits per heavy atom. The van der Waals surface area contributed by atoms with Crippen molar-refractivity contribution in [3.05, 3.63) is 18.2 Å². The Bertz CT molecular complexity index is 512. The van der Waals surface area contributed by atoms with Gasteiger partial charge in [-0.2, -0.15) is 4.98 Å². The van der Waals surface area contributed by atoms with Crippen LogP contribution in [0.5, 0.6) is 0 Å². The molecule has 0 aliphatic heterocycles. The van der Waals surface area contributed by atoms with E-state index in [1.807, 2.05) is 12.1 Å². The number of ether oxygens (including phenoxy) is 2. The van der Waals surface area contributed by atoms with E-state index in [4.69, 9.17) is 19.6 Å². The molecule has 1 heterocycles. The summed E-state index contributed by atoms with van der Waals surface area (Å²) in [5.74, 6) is 0. The van der Waals surface area contributed by atoms with Gasteiger partial charge >= 0.3 is 0 Å². The van der Waals surface area contributed by atoms with Gasteiger partial charge < -0.3 is 24.9 Å². The number of nitrogens with zero attached hydrogens (tertiary/aromatic N) is 1. The highest BCUT2D eigenvalue weighted by Crippen LogP contribution is 2.23. The van der Waals surface area contributed by atoms with Crippen LogP contribution in [0, 0.1) is 0 Å². The van der Waals surface area contributed by atoms with Crippen LogP contribution >= 0.6 is 0 Å². The summed E-state index contributed by atoms with van der Waals surface area (Å²) < 4.78 is 15.8. The van der Waals surface area contributed by atoms with Gasteiger partial charge in [-0.05, 0) is 12.1 Å². The van der Waals surface area contributed by atoms with Crippen LogP contribution in [0.25, 0.3) is 11.1 Å². The van der Waals surface area contributed by atoms with E-state index < -0.39 is 0 Å². The van der Waals surface area contributed by atoms with Crippen molar-refractivity contribution >= 4 is 22.8 Å². The van der Waals surface area contributed by atoms with Gasteiger partial charge in [0.25, 0.3) is 6.01 Å². The number of para-hydroxylation sites is 1. The average molecular weight is 251 g/mol. The minimum absolute atomic E-state index is 0.0534. The van der Waals surface area contributed by atoms with Crippen LogP contribution in [-0.4, -0.2) is 38.5 Å². The van der Waals surface area contributed by atoms with Crippen molar-refractivity contribution in [2.24, 2.45) is 0 Å². The second-order valence-corrected chi connectivity index (χ2v) is 3.91. The van der Waals surface area contributed by atoms with Crippen molar-refractivity contribution in [1.29, 1.82) is 0 Å². The lowest BCUT2D eigenvalue weighted by atomic mass is 10.3. The molecule has 3 N–H and O–H groups in total. The first kappa shape index (κ1) is 12.7. The summed E-state index contributed by atoms with van der Waals surface area (Å²) in [5.41, 5.74) is 7.74. The molecule has 0 aliphatic rings. The fourth-order valence-corrected chi connectivity index (χ4v) is 1.64. The monoisotopic (exact) mass is 251 g/mol. The Hall–Kier alpha value is -1.79. The smallest absolute Gasteiger partial charge is 0.295 e. The fourth-order valence-electron chi connectivity index (χ4n) is 1.64. The molecule has 0 spiro atoms. The van der Waals surface area contributed by atoms with Crippen molar-refractivity contribution in [2.45, 2.75) is 6.10 Å². The number of aromatic nitrogens is 1. The minimum Gasteiger partial charge on any atom is -0.423 e. The average Bonchev–Trinajstić information content (AvgIpc) is 2.79. The topological polar surface area (TPSA) is 82.5 Å².